The van der Waals surface area contributed by atoms with E-state index in [9.17, 15) is 0 Å². The van der Waals surface area contributed by atoms with Crippen molar-refractivity contribution >= 4 is 15.9 Å². The maximum atomic E-state index is 9.04. The third-order valence-corrected chi connectivity index (χ3v) is 6.37. The van der Waals surface area contributed by atoms with Crippen LogP contribution in [0.15, 0.2) is 0 Å². The molecule has 0 radical (unpaired) electrons. The summed E-state index contributed by atoms with van der Waals surface area (Å²) in [6.07, 6.45) is 13.4. The standard InChI is InChI=1S/C16H30BrNO/c17-13-16(9-3-1-2-4-10-16)14-18-11-5-7-15(18)8-6-12-19/h15,19H,1-14H2. The summed E-state index contributed by atoms with van der Waals surface area (Å²) < 4.78 is 0. The van der Waals surface area contributed by atoms with Crippen molar-refractivity contribution in [1.82, 2.24) is 4.90 Å². The zero-order valence-electron chi connectivity index (χ0n) is 12.2. The van der Waals surface area contributed by atoms with Crippen LogP contribution in [-0.2, 0) is 0 Å². The van der Waals surface area contributed by atoms with Crippen molar-refractivity contribution in [3.8, 4) is 0 Å². The third-order valence-electron chi connectivity index (χ3n) is 5.18. The molecule has 0 amide bonds. The summed E-state index contributed by atoms with van der Waals surface area (Å²) in [6, 6.07) is 0.742. The van der Waals surface area contributed by atoms with Gasteiger partial charge < -0.3 is 5.11 Å². The van der Waals surface area contributed by atoms with E-state index in [1.54, 1.807) is 0 Å². The van der Waals surface area contributed by atoms with Gasteiger partial charge in [0.15, 0.2) is 0 Å². The zero-order chi connectivity index (χ0) is 13.6. The van der Waals surface area contributed by atoms with Gasteiger partial charge in [0.05, 0.1) is 0 Å². The predicted octanol–water partition coefficient (Wildman–Crippen LogP) is 3.96. The van der Waals surface area contributed by atoms with E-state index >= 15 is 0 Å². The van der Waals surface area contributed by atoms with Crippen molar-refractivity contribution in [2.45, 2.75) is 70.3 Å². The second-order valence-electron chi connectivity index (χ2n) is 6.68. The summed E-state index contributed by atoms with van der Waals surface area (Å²) in [4.78, 5) is 2.74. The van der Waals surface area contributed by atoms with Crippen LogP contribution in [0.25, 0.3) is 0 Å². The minimum absolute atomic E-state index is 0.355. The van der Waals surface area contributed by atoms with Gasteiger partial charge in [-0.25, -0.2) is 0 Å². The highest BCUT2D eigenvalue weighted by Gasteiger charge is 2.35. The summed E-state index contributed by atoms with van der Waals surface area (Å²) in [6.45, 7) is 2.92. The Kier molecular flexibility index (Phi) is 6.64. The summed E-state index contributed by atoms with van der Waals surface area (Å²) in [5, 5.41) is 10.2. The Hall–Kier alpha value is 0.400. The smallest absolute Gasteiger partial charge is 0.0431 e. The van der Waals surface area contributed by atoms with Crippen molar-refractivity contribution in [1.29, 1.82) is 0 Å². The quantitative estimate of drug-likeness (QED) is 0.588. The highest BCUT2D eigenvalue weighted by molar-refractivity contribution is 9.09. The van der Waals surface area contributed by atoms with Gasteiger partial charge in [0.1, 0.15) is 0 Å². The molecule has 2 fully saturated rings. The van der Waals surface area contributed by atoms with Gasteiger partial charge in [0.2, 0.25) is 0 Å². The summed E-state index contributed by atoms with van der Waals surface area (Å²) in [7, 11) is 0. The maximum Gasteiger partial charge on any atom is 0.0431 e. The van der Waals surface area contributed by atoms with Gasteiger partial charge in [0, 0.05) is 24.5 Å². The van der Waals surface area contributed by atoms with Crippen molar-refractivity contribution in [2.75, 3.05) is 25.0 Å². The molecule has 112 valence electrons. The van der Waals surface area contributed by atoms with Gasteiger partial charge >= 0.3 is 0 Å². The summed E-state index contributed by atoms with van der Waals surface area (Å²) in [5.74, 6) is 0. The lowest BCUT2D eigenvalue weighted by atomic mass is 9.81. The highest BCUT2D eigenvalue weighted by Crippen LogP contribution is 2.39. The van der Waals surface area contributed by atoms with Gasteiger partial charge in [-0.15, -0.1) is 0 Å². The van der Waals surface area contributed by atoms with Crippen LogP contribution in [0.3, 0.4) is 0 Å². The number of rotatable bonds is 6. The van der Waals surface area contributed by atoms with Gasteiger partial charge in [-0.2, -0.15) is 0 Å². The van der Waals surface area contributed by atoms with Crippen LogP contribution in [0.4, 0.5) is 0 Å². The molecule has 1 heterocycles. The van der Waals surface area contributed by atoms with Crippen LogP contribution in [-0.4, -0.2) is 41.1 Å². The number of hydrogen-bond donors (Lipinski definition) is 1. The first-order chi connectivity index (χ1) is 9.29. The molecule has 1 N–H and O–H groups in total. The fourth-order valence-electron chi connectivity index (χ4n) is 4.00. The molecule has 0 aromatic rings. The number of nitrogens with zero attached hydrogens (tertiary/aromatic N) is 1. The first-order valence-corrected chi connectivity index (χ1v) is 9.33. The molecule has 1 aliphatic heterocycles. The lowest BCUT2D eigenvalue weighted by Gasteiger charge is -2.37. The van der Waals surface area contributed by atoms with Crippen molar-refractivity contribution in [2.24, 2.45) is 5.41 Å². The van der Waals surface area contributed by atoms with E-state index in [0.717, 1.165) is 12.5 Å². The fraction of sp³-hybridized carbons (Fsp3) is 1.00. The normalized spacial score (nSPS) is 28.4. The monoisotopic (exact) mass is 331 g/mol. The average Bonchev–Trinajstić information content (AvgIpc) is 2.72. The molecule has 0 aromatic carbocycles. The number of halogens is 1. The van der Waals surface area contributed by atoms with Crippen molar-refractivity contribution in [3.63, 3.8) is 0 Å². The Labute approximate surface area is 127 Å². The van der Waals surface area contributed by atoms with Gasteiger partial charge in [-0.1, -0.05) is 41.6 Å². The van der Waals surface area contributed by atoms with Crippen LogP contribution >= 0.6 is 15.9 Å². The Morgan fingerprint density at radius 3 is 2.47 bits per heavy atom. The minimum atomic E-state index is 0.355. The van der Waals surface area contributed by atoms with Crippen LogP contribution in [0, 0.1) is 5.41 Å². The zero-order valence-corrected chi connectivity index (χ0v) is 13.8. The summed E-state index contributed by atoms with van der Waals surface area (Å²) >= 11 is 3.82. The lowest BCUT2D eigenvalue weighted by molar-refractivity contribution is 0.131. The van der Waals surface area contributed by atoms with E-state index in [1.165, 1.54) is 76.2 Å². The molecule has 2 rings (SSSR count). The molecule has 3 heteroatoms. The van der Waals surface area contributed by atoms with Crippen LogP contribution in [0.2, 0.25) is 0 Å². The minimum Gasteiger partial charge on any atom is -0.396 e. The van der Waals surface area contributed by atoms with Crippen molar-refractivity contribution < 1.29 is 5.11 Å². The molecule has 1 aliphatic carbocycles. The number of alkyl halides is 1. The molecule has 0 bridgehead atoms. The van der Waals surface area contributed by atoms with E-state index in [-0.39, 0.29) is 0 Å². The number of aliphatic hydroxyl groups is 1. The molecule has 1 atom stereocenters. The Balaban J connectivity index is 1.92. The molecule has 19 heavy (non-hydrogen) atoms. The largest absolute Gasteiger partial charge is 0.396 e. The molecule has 1 saturated heterocycles. The van der Waals surface area contributed by atoms with Gasteiger partial charge in [-0.05, 0) is 50.5 Å². The fourth-order valence-corrected chi connectivity index (χ4v) is 4.74. The first kappa shape index (κ1) is 15.8. The number of hydrogen-bond acceptors (Lipinski definition) is 2. The second-order valence-corrected chi connectivity index (χ2v) is 7.24. The van der Waals surface area contributed by atoms with E-state index in [4.69, 9.17) is 5.11 Å². The molecule has 1 saturated carbocycles. The molecule has 0 spiro atoms. The Morgan fingerprint density at radius 2 is 1.84 bits per heavy atom. The van der Waals surface area contributed by atoms with Crippen LogP contribution in [0.1, 0.15) is 64.2 Å². The lowest BCUT2D eigenvalue weighted by Crippen LogP contribution is -2.41. The molecular formula is C16H30BrNO. The maximum absolute atomic E-state index is 9.04. The molecule has 2 nitrogen and oxygen atoms in total. The van der Waals surface area contributed by atoms with Gasteiger partial charge in [0.25, 0.3) is 0 Å². The second kappa shape index (κ2) is 7.99. The predicted molar refractivity (Wildman–Crippen MR) is 84.8 cm³/mol. The van der Waals surface area contributed by atoms with Crippen molar-refractivity contribution in [3.05, 3.63) is 0 Å². The first-order valence-electron chi connectivity index (χ1n) is 8.20. The Morgan fingerprint density at radius 1 is 1.11 bits per heavy atom. The van der Waals surface area contributed by atoms with Crippen LogP contribution < -0.4 is 0 Å². The Bertz CT molecular complexity index is 251. The molecule has 2 aliphatic rings. The van der Waals surface area contributed by atoms with Crippen LogP contribution in [0.5, 0.6) is 0 Å². The van der Waals surface area contributed by atoms with Gasteiger partial charge in [-0.3, -0.25) is 4.90 Å². The SMILES string of the molecule is OCCCC1CCCN1CC1(CBr)CCCCCC1. The average molecular weight is 332 g/mol. The van der Waals surface area contributed by atoms with E-state index in [1.807, 2.05) is 0 Å². The van der Waals surface area contributed by atoms with E-state index in [0.29, 0.717) is 12.0 Å². The topological polar surface area (TPSA) is 23.5 Å². The van der Waals surface area contributed by atoms with E-state index in [2.05, 4.69) is 20.8 Å². The molecule has 0 aromatic heterocycles. The molecule has 1 unspecified atom stereocenters. The van der Waals surface area contributed by atoms with E-state index < -0.39 is 0 Å². The highest BCUT2D eigenvalue weighted by atomic mass is 79.9. The summed E-state index contributed by atoms with van der Waals surface area (Å²) in [5.41, 5.74) is 0.526. The third kappa shape index (κ3) is 4.44. The number of aliphatic hydroxyl groups excluding tert-OH is 1. The number of likely N-dealkylation sites (tertiary alicyclic amines) is 1. The molecular weight excluding hydrogens is 302 g/mol.